The lowest BCUT2D eigenvalue weighted by atomic mass is 10.2. The molecular weight excluding hydrogens is 297 g/mol. The average molecular weight is 323 g/mol. The van der Waals surface area contributed by atoms with Gasteiger partial charge in [-0.15, -0.1) is 0 Å². The maximum atomic E-state index is 13.1. The van der Waals surface area contributed by atoms with Crippen LogP contribution in [0.1, 0.15) is 33.6 Å². The number of ether oxygens (including phenoxy) is 1. The van der Waals surface area contributed by atoms with Gasteiger partial charge in [0.2, 0.25) is 0 Å². The van der Waals surface area contributed by atoms with E-state index in [4.69, 9.17) is 4.74 Å². The van der Waals surface area contributed by atoms with E-state index in [9.17, 15) is 9.18 Å². The highest BCUT2D eigenvalue weighted by Crippen LogP contribution is 2.20. The van der Waals surface area contributed by atoms with Crippen molar-refractivity contribution in [1.29, 1.82) is 0 Å². The third-order valence-corrected chi connectivity index (χ3v) is 3.63. The largest absolute Gasteiger partial charge is 0.444 e. The number of likely N-dealkylation sites (tertiary alicyclic amines) is 1. The van der Waals surface area contributed by atoms with Crippen molar-refractivity contribution in [1.82, 2.24) is 10.2 Å². The number of benzene rings is 1. The number of hydrogen-bond donors (Lipinski definition) is 2. The lowest BCUT2D eigenvalue weighted by Crippen LogP contribution is -2.44. The molecule has 1 aromatic carbocycles. The summed E-state index contributed by atoms with van der Waals surface area (Å²) in [6.45, 7) is 7.55. The van der Waals surface area contributed by atoms with Gasteiger partial charge in [-0.3, -0.25) is 5.32 Å². The van der Waals surface area contributed by atoms with Gasteiger partial charge in [0.1, 0.15) is 11.4 Å². The van der Waals surface area contributed by atoms with Crippen LogP contribution < -0.4 is 10.6 Å². The van der Waals surface area contributed by atoms with E-state index in [1.165, 1.54) is 12.1 Å². The standard InChI is InChI=1S/C17H26FN3O2/c1-17(2,3)23-16(22)21-9-5-8-15(21)11-19-12-20-14-7-4-6-13(18)10-14/h4,6-7,10,15,19-20H,5,8-9,11-12H2,1-3H3/t15-/m1/s1. The maximum Gasteiger partial charge on any atom is 0.410 e. The lowest BCUT2D eigenvalue weighted by molar-refractivity contribution is 0.0227. The number of anilines is 1. The van der Waals surface area contributed by atoms with Crippen molar-refractivity contribution in [2.45, 2.75) is 45.3 Å². The Morgan fingerprint density at radius 1 is 1.43 bits per heavy atom. The number of amides is 1. The highest BCUT2D eigenvalue weighted by molar-refractivity contribution is 5.69. The summed E-state index contributed by atoms with van der Waals surface area (Å²) in [5.41, 5.74) is 0.254. The van der Waals surface area contributed by atoms with Gasteiger partial charge in [0, 0.05) is 24.8 Å². The first-order valence-electron chi connectivity index (χ1n) is 8.05. The van der Waals surface area contributed by atoms with Crippen LogP contribution in [0.25, 0.3) is 0 Å². The van der Waals surface area contributed by atoms with Crippen molar-refractivity contribution in [2.24, 2.45) is 0 Å². The summed E-state index contributed by atoms with van der Waals surface area (Å²) in [7, 11) is 0. The van der Waals surface area contributed by atoms with Crippen LogP contribution in [0.2, 0.25) is 0 Å². The Bertz CT molecular complexity index is 531. The van der Waals surface area contributed by atoms with E-state index in [0.29, 0.717) is 13.2 Å². The van der Waals surface area contributed by atoms with E-state index in [1.807, 2.05) is 26.8 Å². The fraction of sp³-hybridized carbons (Fsp3) is 0.588. The van der Waals surface area contributed by atoms with Crippen LogP contribution in [-0.2, 0) is 4.74 Å². The van der Waals surface area contributed by atoms with Crippen molar-refractivity contribution < 1.29 is 13.9 Å². The number of carbonyl (C=O) groups is 1. The van der Waals surface area contributed by atoms with E-state index in [2.05, 4.69) is 10.6 Å². The van der Waals surface area contributed by atoms with E-state index in [1.54, 1.807) is 11.0 Å². The van der Waals surface area contributed by atoms with Crippen LogP contribution in [-0.4, -0.2) is 42.4 Å². The molecule has 128 valence electrons. The second-order valence-electron chi connectivity index (χ2n) is 6.79. The zero-order valence-corrected chi connectivity index (χ0v) is 14.1. The predicted octanol–water partition coefficient (Wildman–Crippen LogP) is 3.18. The molecule has 0 saturated carbocycles. The highest BCUT2D eigenvalue weighted by atomic mass is 19.1. The predicted molar refractivity (Wildman–Crippen MR) is 88.9 cm³/mol. The van der Waals surface area contributed by atoms with Crippen molar-refractivity contribution >= 4 is 11.8 Å². The number of hydrogen-bond acceptors (Lipinski definition) is 4. The van der Waals surface area contributed by atoms with E-state index >= 15 is 0 Å². The first kappa shape index (κ1) is 17.5. The van der Waals surface area contributed by atoms with Gasteiger partial charge >= 0.3 is 6.09 Å². The fourth-order valence-corrected chi connectivity index (χ4v) is 2.61. The third-order valence-electron chi connectivity index (χ3n) is 3.63. The van der Waals surface area contributed by atoms with E-state index < -0.39 is 5.60 Å². The molecule has 1 aliphatic heterocycles. The Hall–Kier alpha value is -1.82. The molecular formula is C17H26FN3O2. The normalized spacial score (nSPS) is 18.1. The molecule has 1 aromatic rings. The molecule has 1 heterocycles. The second kappa shape index (κ2) is 7.64. The molecule has 1 saturated heterocycles. The van der Waals surface area contributed by atoms with Gasteiger partial charge in [0.15, 0.2) is 0 Å². The minimum absolute atomic E-state index is 0.138. The molecule has 0 aliphatic carbocycles. The van der Waals surface area contributed by atoms with Crippen molar-refractivity contribution in [2.75, 3.05) is 25.1 Å². The Kier molecular flexibility index (Phi) is 5.82. The third kappa shape index (κ3) is 5.71. The molecule has 0 aromatic heterocycles. The molecule has 2 N–H and O–H groups in total. The Balaban J connectivity index is 1.75. The number of rotatable bonds is 5. The smallest absolute Gasteiger partial charge is 0.410 e. The first-order valence-corrected chi connectivity index (χ1v) is 8.05. The van der Waals surface area contributed by atoms with E-state index in [0.717, 1.165) is 25.1 Å². The zero-order valence-electron chi connectivity index (χ0n) is 14.1. The van der Waals surface area contributed by atoms with Gasteiger partial charge in [-0.2, -0.15) is 0 Å². The molecule has 1 fully saturated rings. The van der Waals surface area contributed by atoms with Gasteiger partial charge in [-0.05, 0) is 51.8 Å². The monoisotopic (exact) mass is 323 g/mol. The van der Waals surface area contributed by atoms with Gasteiger partial charge in [0.25, 0.3) is 0 Å². The minimum atomic E-state index is -0.476. The molecule has 2 rings (SSSR count). The SMILES string of the molecule is CC(C)(C)OC(=O)N1CCC[C@@H]1CNCNc1cccc(F)c1. The minimum Gasteiger partial charge on any atom is -0.444 e. The Labute approximate surface area is 137 Å². The summed E-state index contributed by atoms with van der Waals surface area (Å²) in [5.74, 6) is -0.262. The molecule has 0 unspecified atom stereocenters. The zero-order chi connectivity index (χ0) is 16.9. The van der Waals surface area contributed by atoms with Gasteiger partial charge < -0.3 is 15.0 Å². The van der Waals surface area contributed by atoms with Crippen LogP contribution in [0.5, 0.6) is 0 Å². The molecule has 1 atom stereocenters. The molecule has 1 amide bonds. The fourth-order valence-electron chi connectivity index (χ4n) is 2.61. The molecule has 0 spiro atoms. The molecule has 0 radical (unpaired) electrons. The first-order chi connectivity index (χ1) is 10.8. The second-order valence-corrected chi connectivity index (χ2v) is 6.79. The summed E-state index contributed by atoms with van der Waals surface area (Å²) < 4.78 is 18.5. The molecule has 5 nitrogen and oxygen atoms in total. The van der Waals surface area contributed by atoms with Crippen LogP contribution in [0, 0.1) is 5.82 Å². The summed E-state index contributed by atoms with van der Waals surface area (Å²) in [5, 5.41) is 6.37. The number of carbonyl (C=O) groups excluding carboxylic acids is 1. The van der Waals surface area contributed by atoms with Crippen molar-refractivity contribution in [3.05, 3.63) is 30.1 Å². The maximum absolute atomic E-state index is 13.1. The molecule has 1 aliphatic rings. The highest BCUT2D eigenvalue weighted by Gasteiger charge is 2.31. The average Bonchev–Trinajstić information content (AvgIpc) is 2.90. The molecule has 0 bridgehead atoms. The Morgan fingerprint density at radius 3 is 2.91 bits per heavy atom. The quantitative estimate of drug-likeness (QED) is 0.645. The summed E-state index contributed by atoms with van der Waals surface area (Å²) >= 11 is 0. The van der Waals surface area contributed by atoms with Gasteiger partial charge in [-0.1, -0.05) is 6.07 Å². The topological polar surface area (TPSA) is 53.6 Å². The van der Waals surface area contributed by atoms with Crippen LogP contribution >= 0.6 is 0 Å². The summed E-state index contributed by atoms with van der Waals surface area (Å²) in [6.07, 6.45) is 1.70. The van der Waals surface area contributed by atoms with Crippen molar-refractivity contribution in [3.63, 3.8) is 0 Å². The number of nitrogens with one attached hydrogen (secondary N) is 2. The van der Waals surface area contributed by atoms with E-state index in [-0.39, 0.29) is 18.0 Å². The van der Waals surface area contributed by atoms with Crippen molar-refractivity contribution in [3.8, 4) is 0 Å². The summed E-state index contributed by atoms with van der Waals surface area (Å²) in [6, 6.07) is 6.48. The van der Waals surface area contributed by atoms with Gasteiger partial charge in [0.05, 0.1) is 6.67 Å². The molecule has 23 heavy (non-hydrogen) atoms. The van der Waals surface area contributed by atoms with Crippen LogP contribution in [0.4, 0.5) is 14.9 Å². The summed E-state index contributed by atoms with van der Waals surface area (Å²) in [4.78, 5) is 14.0. The van der Waals surface area contributed by atoms with Crippen LogP contribution in [0.15, 0.2) is 24.3 Å². The number of halogens is 1. The lowest BCUT2D eigenvalue weighted by Gasteiger charge is -2.28. The molecule has 6 heteroatoms. The van der Waals surface area contributed by atoms with Crippen LogP contribution in [0.3, 0.4) is 0 Å². The number of nitrogens with zero attached hydrogens (tertiary/aromatic N) is 1. The van der Waals surface area contributed by atoms with Gasteiger partial charge in [-0.25, -0.2) is 9.18 Å². The Morgan fingerprint density at radius 2 is 2.22 bits per heavy atom.